The van der Waals surface area contributed by atoms with Crippen LogP contribution in [0.1, 0.15) is 18.7 Å². The number of aryl methyl sites for hydroxylation is 1. The number of esters is 1. The smallest absolute Gasteiger partial charge is 0.330 e. The molecule has 178 valence electrons. The van der Waals surface area contributed by atoms with Crippen molar-refractivity contribution >= 4 is 24.4 Å². The largest absolute Gasteiger partial charge is 0.468 e. The van der Waals surface area contributed by atoms with Gasteiger partial charge in [0.2, 0.25) is 0 Å². The predicted molar refractivity (Wildman–Crippen MR) is 121 cm³/mol. The van der Waals surface area contributed by atoms with Crippen LogP contribution in [0.3, 0.4) is 0 Å². The number of H-pyrrole nitrogens is 1. The summed E-state index contributed by atoms with van der Waals surface area (Å²) >= 11 is 5.55. The Hall–Kier alpha value is -2.63. The van der Waals surface area contributed by atoms with Gasteiger partial charge in [-0.3, -0.25) is 19.1 Å². The van der Waals surface area contributed by atoms with Crippen LogP contribution < -0.4 is 20.9 Å². The first-order chi connectivity index (χ1) is 15.6. The number of halogens is 1. The Labute approximate surface area is 193 Å². The van der Waals surface area contributed by atoms with Crippen molar-refractivity contribution in [2.45, 2.75) is 32.2 Å². The van der Waals surface area contributed by atoms with E-state index in [1.165, 1.54) is 49.1 Å². The second kappa shape index (κ2) is 10.5. The maximum absolute atomic E-state index is 13.2. The Balaban J connectivity index is 1.71. The molecule has 0 fully saturated rings. The maximum atomic E-state index is 13.2. The predicted octanol–water partition coefficient (Wildman–Crippen LogP) is 1.91. The van der Waals surface area contributed by atoms with Crippen molar-refractivity contribution in [3.8, 4) is 5.75 Å². The molecule has 0 amide bonds. The molecule has 0 aliphatic carbocycles. The van der Waals surface area contributed by atoms with Gasteiger partial charge in [0.15, 0.2) is 6.23 Å². The van der Waals surface area contributed by atoms with Crippen LogP contribution in [0, 0.1) is 12.7 Å². The van der Waals surface area contributed by atoms with E-state index in [9.17, 15) is 18.8 Å². The van der Waals surface area contributed by atoms with Crippen LogP contribution in [-0.4, -0.2) is 41.4 Å². The molecule has 0 radical (unpaired) electrons. The lowest BCUT2D eigenvalue weighted by Crippen LogP contribution is -2.35. The molecule has 0 spiro atoms. The fraction of sp³-hybridized carbons (Fsp3) is 0.350. The first-order valence-electron chi connectivity index (χ1n) is 9.81. The van der Waals surface area contributed by atoms with E-state index < -0.39 is 48.1 Å². The van der Waals surface area contributed by atoms with Crippen molar-refractivity contribution in [2.75, 3.05) is 13.7 Å². The number of hydrogen-bond donors (Lipinski definition) is 2. The number of nitrogens with zero attached hydrogens (tertiary/aromatic N) is 1. The number of hydrogen-bond acceptors (Lipinski definition) is 8. The average molecular weight is 499 g/mol. The summed E-state index contributed by atoms with van der Waals surface area (Å²) < 4.78 is 36.6. The molecule has 0 bridgehead atoms. The van der Waals surface area contributed by atoms with Crippen molar-refractivity contribution in [1.82, 2.24) is 14.6 Å². The molecule has 13 heteroatoms. The van der Waals surface area contributed by atoms with Crippen molar-refractivity contribution in [1.29, 1.82) is 0 Å². The quantitative estimate of drug-likeness (QED) is 0.303. The van der Waals surface area contributed by atoms with Gasteiger partial charge in [-0.1, -0.05) is 6.08 Å². The van der Waals surface area contributed by atoms with Gasteiger partial charge in [-0.15, -0.1) is 0 Å². The van der Waals surface area contributed by atoms with E-state index in [2.05, 4.69) is 10.1 Å². The van der Waals surface area contributed by atoms with E-state index in [4.69, 9.17) is 30.3 Å². The van der Waals surface area contributed by atoms with Gasteiger partial charge in [0, 0.05) is 11.8 Å². The Morgan fingerprint density at radius 2 is 2.03 bits per heavy atom. The molecule has 10 nitrogen and oxygen atoms in total. The van der Waals surface area contributed by atoms with Crippen molar-refractivity contribution in [2.24, 2.45) is 0 Å². The first-order valence-corrected chi connectivity index (χ1v) is 12.5. The molecule has 2 heterocycles. The zero-order chi connectivity index (χ0) is 24.2. The minimum atomic E-state index is -3.32. The van der Waals surface area contributed by atoms with E-state index in [0.29, 0.717) is 5.56 Å². The van der Waals surface area contributed by atoms with E-state index in [0.717, 1.165) is 0 Å². The molecule has 0 saturated carbocycles. The Kier molecular flexibility index (Phi) is 7.98. The molecule has 4 atom stereocenters. The molecule has 1 aliphatic heterocycles. The SMILES string of the molecule is COC(=O)[C@@H](C)NP(=S)(OC[C@@H]1C=C[C@H](n2cc(C)c(=O)[nH]c2=O)O1)Oc1ccc(F)cc1. The van der Waals surface area contributed by atoms with Gasteiger partial charge >= 0.3 is 18.3 Å². The third-order valence-electron chi connectivity index (χ3n) is 4.58. The molecule has 2 N–H and O–H groups in total. The summed E-state index contributed by atoms with van der Waals surface area (Å²) in [5.41, 5.74) is -0.724. The first kappa shape index (κ1) is 25.0. The molecule has 1 aromatic carbocycles. The molecule has 3 rings (SSSR count). The summed E-state index contributed by atoms with van der Waals surface area (Å²) in [6.45, 7) is -0.270. The maximum Gasteiger partial charge on any atom is 0.330 e. The van der Waals surface area contributed by atoms with E-state index in [1.54, 1.807) is 19.1 Å². The van der Waals surface area contributed by atoms with Gasteiger partial charge in [0.05, 0.1) is 13.7 Å². The zero-order valence-corrected chi connectivity index (χ0v) is 19.7. The molecule has 33 heavy (non-hydrogen) atoms. The highest BCUT2D eigenvalue weighted by Crippen LogP contribution is 2.46. The summed E-state index contributed by atoms with van der Waals surface area (Å²) in [6.07, 6.45) is 3.38. The summed E-state index contributed by atoms with van der Waals surface area (Å²) in [7, 11) is 1.24. The average Bonchev–Trinajstić information content (AvgIpc) is 3.25. The van der Waals surface area contributed by atoms with Crippen LogP contribution in [0.5, 0.6) is 5.75 Å². The zero-order valence-electron chi connectivity index (χ0n) is 18.0. The van der Waals surface area contributed by atoms with E-state index in [-0.39, 0.29) is 12.4 Å². The van der Waals surface area contributed by atoms with Gasteiger partial charge in [-0.05, 0) is 56.0 Å². The molecule has 1 aliphatic rings. The highest BCUT2D eigenvalue weighted by Gasteiger charge is 2.30. The lowest BCUT2D eigenvalue weighted by atomic mass is 10.3. The van der Waals surface area contributed by atoms with Crippen molar-refractivity contribution < 1.29 is 27.7 Å². The normalized spacial score (nSPS) is 20.2. The van der Waals surface area contributed by atoms with Gasteiger partial charge < -0.3 is 18.5 Å². The van der Waals surface area contributed by atoms with Crippen LogP contribution in [0.2, 0.25) is 0 Å². The minimum Gasteiger partial charge on any atom is -0.468 e. The number of carbonyl (C=O) groups excluding carboxylic acids is 1. The minimum absolute atomic E-state index is 0.0660. The number of aromatic nitrogens is 2. The number of rotatable bonds is 9. The van der Waals surface area contributed by atoms with Gasteiger partial charge in [0.25, 0.3) is 5.56 Å². The number of methoxy groups -OCH3 is 1. The van der Waals surface area contributed by atoms with Crippen molar-refractivity contribution in [3.05, 3.63) is 74.8 Å². The third kappa shape index (κ3) is 6.46. The summed E-state index contributed by atoms with van der Waals surface area (Å²) in [6, 6.07) is 4.34. The third-order valence-corrected chi connectivity index (χ3v) is 7.08. The Morgan fingerprint density at radius 3 is 2.70 bits per heavy atom. The molecular formula is C20H23FN3O7PS. The number of carbonyl (C=O) groups is 1. The highest BCUT2D eigenvalue weighted by atomic mass is 32.5. The highest BCUT2D eigenvalue weighted by molar-refractivity contribution is 8.09. The van der Waals surface area contributed by atoms with Crippen molar-refractivity contribution in [3.63, 3.8) is 0 Å². The standard InChI is InChI=1S/C20H23FN3O7PS/c1-12-10-24(20(27)22-18(12)25)17-9-8-16(30-17)11-29-32(33,23-13(2)19(26)28-3)31-15-6-4-14(21)5-7-15/h4-10,13,16-17H,11H2,1-3H3,(H,23,33)(H,22,25,27)/t13-,16+,17-,32?/m1/s1. The molecule has 2 aromatic rings. The topological polar surface area (TPSA) is 121 Å². The lowest BCUT2D eigenvalue weighted by Gasteiger charge is -2.27. The second-order valence-corrected chi connectivity index (χ2v) is 10.3. The lowest BCUT2D eigenvalue weighted by molar-refractivity contribution is -0.142. The Morgan fingerprint density at radius 1 is 1.33 bits per heavy atom. The number of ether oxygens (including phenoxy) is 2. The molecule has 0 saturated heterocycles. The molecular weight excluding hydrogens is 476 g/mol. The van der Waals surface area contributed by atoms with Crippen LogP contribution in [0.4, 0.5) is 4.39 Å². The van der Waals surface area contributed by atoms with Crippen LogP contribution in [-0.2, 0) is 30.6 Å². The second-order valence-electron chi connectivity index (χ2n) is 7.14. The monoisotopic (exact) mass is 499 g/mol. The van der Waals surface area contributed by atoms with Crippen LogP contribution in [0.15, 0.2) is 52.2 Å². The summed E-state index contributed by atoms with van der Waals surface area (Å²) in [5.74, 6) is -0.767. The number of aromatic amines is 1. The van der Waals surface area contributed by atoms with Gasteiger partial charge in [0.1, 0.15) is 23.7 Å². The van der Waals surface area contributed by atoms with E-state index >= 15 is 0 Å². The fourth-order valence-electron chi connectivity index (χ4n) is 2.88. The fourth-order valence-corrected chi connectivity index (χ4v) is 5.30. The number of benzene rings is 1. The Bertz CT molecular complexity index is 1200. The number of nitrogens with one attached hydrogen (secondary N) is 2. The summed E-state index contributed by atoms with van der Waals surface area (Å²) in [4.78, 5) is 37.8. The van der Waals surface area contributed by atoms with Gasteiger partial charge in [-0.2, -0.15) is 0 Å². The van der Waals surface area contributed by atoms with Crippen LogP contribution >= 0.6 is 6.64 Å². The van der Waals surface area contributed by atoms with E-state index in [1.807, 2.05) is 0 Å². The molecule has 1 aromatic heterocycles. The molecule has 1 unspecified atom stereocenters. The van der Waals surface area contributed by atoms with Gasteiger partial charge in [-0.25, -0.2) is 14.3 Å². The van der Waals surface area contributed by atoms with Crippen LogP contribution in [0.25, 0.3) is 0 Å². The summed E-state index contributed by atoms with van der Waals surface area (Å²) in [5, 5.41) is 2.84.